The second-order valence-corrected chi connectivity index (χ2v) is 8.27. The smallest absolute Gasteiger partial charge is 0.251 e. The van der Waals surface area contributed by atoms with E-state index in [0.29, 0.717) is 18.4 Å². The summed E-state index contributed by atoms with van der Waals surface area (Å²) in [5.74, 6) is 3.04. The maximum absolute atomic E-state index is 12.4. The SMILES string of the molecule is C#CCNS(=O)(=O)c1cccc(C(=O)NCc2ccc(OCC3CC3)nc2)c1. The number of pyridine rings is 1. The lowest BCUT2D eigenvalue weighted by atomic mass is 10.2. The Bertz CT molecular complexity index is 977. The Morgan fingerprint density at radius 2 is 2.11 bits per heavy atom. The Kier molecular flexibility index (Phi) is 6.29. The molecule has 7 nitrogen and oxygen atoms in total. The van der Waals surface area contributed by atoms with Crippen molar-refractivity contribution in [2.75, 3.05) is 13.2 Å². The van der Waals surface area contributed by atoms with E-state index in [-0.39, 0.29) is 29.5 Å². The molecular formula is C20H21N3O4S. The Balaban J connectivity index is 1.57. The summed E-state index contributed by atoms with van der Waals surface area (Å²) >= 11 is 0. The van der Waals surface area contributed by atoms with E-state index in [1.54, 1.807) is 18.3 Å². The zero-order valence-electron chi connectivity index (χ0n) is 15.2. The second kappa shape index (κ2) is 8.87. The normalized spacial score (nSPS) is 13.5. The Labute approximate surface area is 164 Å². The molecule has 0 bridgehead atoms. The van der Waals surface area contributed by atoms with Crippen molar-refractivity contribution in [1.29, 1.82) is 0 Å². The lowest BCUT2D eigenvalue weighted by molar-refractivity contribution is 0.0950. The number of sulfonamides is 1. The molecule has 2 N–H and O–H groups in total. The lowest BCUT2D eigenvalue weighted by Gasteiger charge is -2.09. The number of carbonyl (C=O) groups is 1. The van der Waals surface area contributed by atoms with Gasteiger partial charge >= 0.3 is 0 Å². The molecule has 1 saturated carbocycles. The van der Waals surface area contributed by atoms with Crippen LogP contribution in [0.25, 0.3) is 0 Å². The van der Waals surface area contributed by atoms with Crippen LogP contribution in [-0.4, -0.2) is 32.5 Å². The standard InChI is InChI=1S/C20H21N3O4S/c1-2-10-23-28(25,26)18-5-3-4-17(11-18)20(24)22-13-16-8-9-19(21-12-16)27-14-15-6-7-15/h1,3-5,8-9,11-12,15,23H,6-7,10,13-14H2,(H,22,24). The van der Waals surface area contributed by atoms with Gasteiger partial charge in [-0.15, -0.1) is 6.42 Å². The molecule has 28 heavy (non-hydrogen) atoms. The minimum absolute atomic E-state index is 0.0192. The van der Waals surface area contributed by atoms with Crippen molar-refractivity contribution >= 4 is 15.9 Å². The van der Waals surface area contributed by atoms with Crippen LogP contribution in [-0.2, 0) is 16.6 Å². The molecular weight excluding hydrogens is 378 g/mol. The average Bonchev–Trinajstić information content (AvgIpc) is 3.54. The number of amides is 1. The molecule has 0 aliphatic heterocycles. The van der Waals surface area contributed by atoms with E-state index < -0.39 is 10.0 Å². The van der Waals surface area contributed by atoms with Crippen molar-refractivity contribution in [3.05, 3.63) is 53.7 Å². The fourth-order valence-corrected chi connectivity index (χ4v) is 3.38. The van der Waals surface area contributed by atoms with Crippen molar-refractivity contribution in [3.63, 3.8) is 0 Å². The van der Waals surface area contributed by atoms with Crippen molar-refractivity contribution < 1.29 is 17.9 Å². The molecule has 1 fully saturated rings. The predicted molar refractivity (Wildman–Crippen MR) is 104 cm³/mol. The highest BCUT2D eigenvalue weighted by Gasteiger charge is 2.22. The van der Waals surface area contributed by atoms with E-state index in [1.165, 1.54) is 31.0 Å². The molecule has 1 aromatic carbocycles. The molecule has 0 atom stereocenters. The predicted octanol–water partition coefficient (Wildman–Crippen LogP) is 1.71. The number of aromatic nitrogens is 1. The van der Waals surface area contributed by atoms with E-state index in [1.807, 2.05) is 6.07 Å². The van der Waals surface area contributed by atoms with Gasteiger partial charge in [0.25, 0.3) is 5.91 Å². The number of hydrogen-bond acceptors (Lipinski definition) is 5. The van der Waals surface area contributed by atoms with Gasteiger partial charge < -0.3 is 10.1 Å². The van der Waals surface area contributed by atoms with Crippen LogP contribution < -0.4 is 14.8 Å². The van der Waals surface area contributed by atoms with Gasteiger partial charge in [-0.1, -0.05) is 18.1 Å². The number of nitrogens with zero attached hydrogens (tertiary/aromatic N) is 1. The summed E-state index contributed by atoms with van der Waals surface area (Å²) in [6, 6.07) is 9.37. The highest BCUT2D eigenvalue weighted by Crippen LogP contribution is 2.29. The molecule has 0 saturated heterocycles. The summed E-state index contributed by atoms with van der Waals surface area (Å²) in [5, 5.41) is 2.75. The number of terminal acetylenes is 1. The minimum Gasteiger partial charge on any atom is -0.477 e. The van der Waals surface area contributed by atoms with Crippen molar-refractivity contribution in [3.8, 4) is 18.2 Å². The van der Waals surface area contributed by atoms with Crippen LogP contribution in [0.5, 0.6) is 5.88 Å². The summed E-state index contributed by atoms with van der Waals surface area (Å²) in [4.78, 5) is 16.6. The highest BCUT2D eigenvalue weighted by molar-refractivity contribution is 7.89. The van der Waals surface area contributed by atoms with Crippen LogP contribution in [0.15, 0.2) is 47.5 Å². The van der Waals surface area contributed by atoms with Gasteiger partial charge in [-0.25, -0.2) is 13.4 Å². The summed E-state index contributed by atoms with van der Waals surface area (Å²) in [7, 11) is -3.75. The number of rotatable bonds is 9. The van der Waals surface area contributed by atoms with Crippen LogP contribution in [0.2, 0.25) is 0 Å². The van der Waals surface area contributed by atoms with Crippen LogP contribution in [0.1, 0.15) is 28.8 Å². The van der Waals surface area contributed by atoms with Gasteiger partial charge in [0.1, 0.15) is 0 Å². The fraction of sp³-hybridized carbons (Fsp3) is 0.300. The van der Waals surface area contributed by atoms with Gasteiger partial charge in [0.2, 0.25) is 15.9 Å². The molecule has 1 aromatic heterocycles. The molecule has 8 heteroatoms. The number of benzene rings is 1. The third-order valence-corrected chi connectivity index (χ3v) is 5.58. The molecule has 146 valence electrons. The first-order valence-electron chi connectivity index (χ1n) is 8.87. The molecule has 1 amide bonds. The lowest BCUT2D eigenvalue weighted by Crippen LogP contribution is -2.25. The van der Waals surface area contributed by atoms with Crippen LogP contribution in [0.4, 0.5) is 0 Å². The first-order valence-corrected chi connectivity index (χ1v) is 10.4. The quantitative estimate of drug-likeness (QED) is 0.626. The topological polar surface area (TPSA) is 97.4 Å². The number of ether oxygens (including phenoxy) is 1. The third-order valence-electron chi connectivity index (χ3n) is 4.19. The van der Waals surface area contributed by atoms with Crippen molar-refractivity contribution in [2.24, 2.45) is 5.92 Å². The van der Waals surface area contributed by atoms with E-state index >= 15 is 0 Å². The highest BCUT2D eigenvalue weighted by atomic mass is 32.2. The average molecular weight is 399 g/mol. The first-order chi connectivity index (χ1) is 13.5. The van der Waals surface area contributed by atoms with Gasteiger partial charge in [-0.05, 0) is 42.5 Å². The number of nitrogens with one attached hydrogen (secondary N) is 2. The summed E-state index contributed by atoms with van der Waals surface area (Å²) in [6.07, 6.45) is 9.15. The summed E-state index contributed by atoms with van der Waals surface area (Å²) < 4.78 is 32.1. The van der Waals surface area contributed by atoms with E-state index in [0.717, 1.165) is 5.56 Å². The largest absolute Gasteiger partial charge is 0.477 e. The molecule has 1 aliphatic carbocycles. The molecule has 0 unspecified atom stereocenters. The van der Waals surface area contributed by atoms with Gasteiger partial charge in [-0.3, -0.25) is 4.79 Å². The van der Waals surface area contributed by atoms with Gasteiger partial charge in [0, 0.05) is 24.4 Å². The van der Waals surface area contributed by atoms with Gasteiger partial charge in [-0.2, -0.15) is 4.72 Å². The zero-order chi connectivity index (χ0) is 20.0. The Morgan fingerprint density at radius 3 is 2.79 bits per heavy atom. The maximum Gasteiger partial charge on any atom is 0.251 e. The van der Waals surface area contributed by atoms with E-state index in [4.69, 9.17) is 11.2 Å². The molecule has 1 heterocycles. The van der Waals surface area contributed by atoms with Gasteiger partial charge in [0.15, 0.2) is 0 Å². The zero-order valence-corrected chi connectivity index (χ0v) is 16.0. The van der Waals surface area contributed by atoms with Crippen LogP contribution in [0.3, 0.4) is 0 Å². The maximum atomic E-state index is 12.4. The molecule has 3 rings (SSSR count). The Hall–Kier alpha value is -2.89. The fourth-order valence-electron chi connectivity index (χ4n) is 2.40. The third kappa shape index (κ3) is 5.55. The number of carbonyl (C=O) groups excluding carboxylic acids is 1. The summed E-state index contributed by atoms with van der Waals surface area (Å²) in [6.45, 7) is 0.839. The second-order valence-electron chi connectivity index (χ2n) is 6.50. The summed E-state index contributed by atoms with van der Waals surface area (Å²) in [5.41, 5.74) is 1.05. The monoisotopic (exact) mass is 399 g/mol. The van der Waals surface area contributed by atoms with Crippen molar-refractivity contribution in [2.45, 2.75) is 24.3 Å². The van der Waals surface area contributed by atoms with E-state index in [9.17, 15) is 13.2 Å². The van der Waals surface area contributed by atoms with E-state index in [2.05, 4.69) is 20.9 Å². The molecule has 1 aliphatic rings. The van der Waals surface area contributed by atoms with Gasteiger partial charge in [0.05, 0.1) is 18.0 Å². The van der Waals surface area contributed by atoms with Crippen molar-refractivity contribution in [1.82, 2.24) is 15.0 Å². The minimum atomic E-state index is -3.75. The van der Waals surface area contributed by atoms with Crippen LogP contribution >= 0.6 is 0 Å². The molecule has 2 aromatic rings. The first kappa shape index (κ1) is 19.9. The molecule has 0 spiro atoms. The Morgan fingerprint density at radius 1 is 1.29 bits per heavy atom. The molecule has 0 radical (unpaired) electrons. The van der Waals surface area contributed by atoms with Crippen LogP contribution in [0, 0.1) is 18.3 Å². The number of hydrogen-bond donors (Lipinski definition) is 2.